The highest BCUT2D eigenvalue weighted by Gasteiger charge is 2.11. The summed E-state index contributed by atoms with van der Waals surface area (Å²) >= 11 is 5.04. The summed E-state index contributed by atoms with van der Waals surface area (Å²) < 4.78 is 23.0. The minimum Gasteiger partial charge on any atom is -0.389 e. The average Bonchev–Trinajstić information content (AvgIpc) is 2.46. The predicted octanol–water partition coefficient (Wildman–Crippen LogP) is 1.72. The number of anilines is 1. The second-order valence-corrected chi connectivity index (χ2v) is 7.52. The van der Waals surface area contributed by atoms with E-state index in [0.717, 1.165) is 10.9 Å². The van der Waals surface area contributed by atoms with Gasteiger partial charge in [-0.05, 0) is 12.1 Å². The second-order valence-electron chi connectivity index (χ2n) is 4.60. The lowest BCUT2D eigenvalue weighted by Crippen LogP contribution is -2.20. The van der Waals surface area contributed by atoms with Crippen molar-refractivity contribution < 1.29 is 8.42 Å². The molecule has 2 rings (SSSR count). The van der Waals surface area contributed by atoms with Gasteiger partial charge in [-0.15, -0.1) is 0 Å². The van der Waals surface area contributed by atoms with Gasteiger partial charge in [-0.1, -0.05) is 37.3 Å². The zero-order chi connectivity index (χ0) is 15.5. The highest BCUT2D eigenvalue weighted by molar-refractivity contribution is 7.91. The Morgan fingerprint density at radius 1 is 1.38 bits per heavy atom. The van der Waals surface area contributed by atoms with Crippen LogP contribution in [-0.2, 0) is 9.84 Å². The third kappa shape index (κ3) is 3.89. The van der Waals surface area contributed by atoms with Crippen LogP contribution in [-0.4, -0.2) is 36.4 Å². The third-order valence-electron chi connectivity index (χ3n) is 3.13. The van der Waals surface area contributed by atoms with E-state index < -0.39 is 9.84 Å². The molecule has 0 unspecified atom stereocenters. The fourth-order valence-electron chi connectivity index (χ4n) is 1.91. The van der Waals surface area contributed by atoms with Crippen molar-refractivity contribution >= 4 is 43.8 Å². The van der Waals surface area contributed by atoms with Crippen molar-refractivity contribution in [2.24, 2.45) is 5.73 Å². The van der Waals surface area contributed by atoms with Gasteiger partial charge in [0.05, 0.1) is 16.8 Å². The monoisotopic (exact) mass is 323 g/mol. The first-order valence-corrected chi connectivity index (χ1v) is 8.80. The Morgan fingerprint density at radius 2 is 2.10 bits per heavy atom. The number of pyridine rings is 1. The lowest BCUT2D eigenvalue weighted by Gasteiger charge is -2.11. The van der Waals surface area contributed by atoms with Crippen LogP contribution in [0.3, 0.4) is 0 Å². The van der Waals surface area contributed by atoms with Gasteiger partial charge in [0, 0.05) is 17.7 Å². The number of hydrogen-bond acceptors (Lipinski definition) is 5. The Morgan fingerprint density at radius 3 is 2.76 bits per heavy atom. The summed E-state index contributed by atoms with van der Waals surface area (Å²) in [5, 5.41) is 3.96. The van der Waals surface area contributed by atoms with Crippen molar-refractivity contribution in [2.45, 2.75) is 6.92 Å². The Balaban J connectivity index is 2.29. The number of nitrogens with two attached hydrogens (primary N) is 1. The molecular weight excluding hydrogens is 306 g/mol. The minimum atomic E-state index is -3.02. The maximum Gasteiger partial charge on any atom is 0.151 e. The SMILES string of the molecule is CCS(=O)(=O)CCNc1nc2ccccc2cc1C(N)=S. The largest absolute Gasteiger partial charge is 0.389 e. The van der Waals surface area contributed by atoms with Crippen LogP contribution in [0.1, 0.15) is 12.5 Å². The molecule has 0 fully saturated rings. The summed E-state index contributed by atoms with van der Waals surface area (Å²) in [6.45, 7) is 1.90. The molecule has 0 bridgehead atoms. The molecule has 0 spiro atoms. The van der Waals surface area contributed by atoms with E-state index >= 15 is 0 Å². The summed E-state index contributed by atoms with van der Waals surface area (Å²) in [5.74, 6) is 0.698. The fraction of sp³-hybridized carbons (Fsp3) is 0.286. The molecule has 0 saturated carbocycles. The molecule has 7 heteroatoms. The van der Waals surface area contributed by atoms with Crippen LogP contribution in [0.15, 0.2) is 30.3 Å². The zero-order valence-corrected chi connectivity index (χ0v) is 13.3. The topological polar surface area (TPSA) is 85.1 Å². The Hall–Kier alpha value is -1.73. The van der Waals surface area contributed by atoms with Crippen molar-refractivity contribution in [2.75, 3.05) is 23.4 Å². The first-order valence-electron chi connectivity index (χ1n) is 6.57. The van der Waals surface area contributed by atoms with E-state index in [9.17, 15) is 8.42 Å². The summed E-state index contributed by atoms with van der Waals surface area (Å²) in [5.41, 5.74) is 7.15. The van der Waals surface area contributed by atoms with Crippen LogP contribution >= 0.6 is 12.2 Å². The Bertz CT molecular complexity index is 773. The van der Waals surface area contributed by atoms with Crippen molar-refractivity contribution in [1.82, 2.24) is 4.98 Å². The summed E-state index contributed by atoms with van der Waals surface area (Å²) in [6, 6.07) is 9.47. The molecule has 0 atom stereocenters. The Labute approximate surface area is 129 Å². The molecule has 0 aliphatic carbocycles. The van der Waals surface area contributed by atoms with Gasteiger partial charge in [0.2, 0.25) is 0 Å². The van der Waals surface area contributed by atoms with Gasteiger partial charge in [0.1, 0.15) is 10.8 Å². The number of benzene rings is 1. The number of aromatic nitrogens is 1. The highest BCUT2D eigenvalue weighted by Crippen LogP contribution is 2.20. The highest BCUT2D eigenvalue weighted by atomic mass is 32.2. The van der Waals surface area contributed by atoms with Crippen LogP contribution in [0, 0.1) is 0 Å². The molecule has 3 N–H and O–H groups in total. The molecule has 0 radical (unpaired) electrons. The fourth-order valence-corrected chi connectivity index (χ4v) is 2.77. The zero-order valence-electron chi connectivity index (χ0n) is 11.7. The molecule has 112 valence electrons. The maximum atomic E-state index is 11.5. The van der Waals surface area contributed by atoms with Gasteiger partial charge >= 0.3 is 0 Å². The lowest BCUT2D eigenvalue weighted by atomic mass is 10.1. The molecule has 1 heterocycles. The van der Waals surface area contributed by atoms with Gasteiger partial charge in [0.25, 0.3) is 0 Å². The second kappa shape index (κ2) is 6.36. The van der Waals surface area contributed by atoms with E-state index in [-0.39, 0.29) is 23.0 Å². The predicted molar refractivity (Wildman–Crippen MR) is 90.4 cm³/mol. The van der Waals surface area contributed by atoms with E-state index in [1.807, 2.05) is 30.3 Å². The molecule has 1 aromatic carbocycles. The van der Waals surface area contributed by atoms with E-state index in [1.54, 1.807) is 6.92 Å². The molecule has 0 aliphatic rings. The smallest absolute Gasteiger partial charge is 0.151 e. The van der Waals surface area contributed by atoms with Crippen LogP contribution in [0.25, 0.3) is 10.9 Å². The molecule has 5 nitrogen and oxygen atoms in total. The molecule has 0 saturated heterocycles. The summed E-state index contributed by atoms with van der Waals surface area (Å²) in [7, 11) is -3.02. The standard InChI is InChI=1S/C14H17N3O2S2/c1-2-21(18,19)8-7-16-14-11(13(15)20)9-10-5-3-4-6-12(10)17-14/h3-6,9H,2,7-8H2,1H3,(H2,15,20)(H,16,17). The summed E-state index contributed by atoms with van der Waals surface area (Å²) in [6.07, 6.45) is 0. The van der Waals surface area contributed by atoms with Crippen molar-refractivity contribution in [3.8, 4) is 0 Å². The normalized spacial score (nSPS) is 11.5. The van der Waals surface area contributed by atoms with Gasteiger partial charge in [0.15, 0.2) is 9.84 Å². The van der Waals surface area contributed by atoms with Crippen molar-refractivity contribution in [3.63, 3.8) is 0 Å². The van der Waals surface area contributed by atoms with Crippen molar-refractivity contribution in [1.29, 1.82) is 0 Å². The number of nitrogens with one attached hydrogen (secondary N) is 1. The minimum absolute atomic E-state index is 0.0504. The van der Waals surface area contributed by atoms with Crippen LogP contribution in [0.4, 0.5) is 5.82 Å². The number of hydrogen-bond donors (Lipinski definition) is 2. The van der Waals surface area contributed by atoms with Crippen molar-refractivity contribution in [3.05, 3.63) is 35.9 Å². The van der Waals surface area contributed by atoms with Crippen LogP contribution < -0.4 is 11.1 Å². The van der Waals surface area contributed by atoms with Gasteiger partial charge in [-0.3, -0.25) is 0 Å². The molecule has 2 aromatic rings. The van der Waals surface area contributed by atoms with E-state index in [0.29, 0.717) is 11.4 Å². The van der Waals surface area contributed by atoms with E-state index in [2.05, 4.69) is 10.3 Å². The van der Waals surface area contributed by atoms with Gasteiger partial charge in [-0.2, -0.15) is 0 Å². The molecule has 21 heavy (non-hydrogen) atoms. The molecule has 0 amide bonds. The number of nitrogens with zero attached hydrogens (tertiary/aromatic N) is 1. The molecular formula is C14H17N3O2S2. The molecule has 0 aliphatic heterocycles. The summed E-state index contributed by atoms with van der Waals surface area (Å²) in [4.78, 5) is 4.70. The number of thiocarbonyl (C=S) groups is 1. The van der Waals surface area contributed by atoms with Gasteiger partial charge in [-0.25, -0.2) is 13.4 Å². The quantitative estimate of drug-likeness (QED) is 0.787. The number of rotatable bonds is 6. The van der Waals surface area contributed by atoms with E-state index in [4.69, 9.17) is 18.0 Å². The molecule has 1 aromatic heterocycles. The number of fused-ring (bicyclic) bond motifs is 1. The van der Waals surface area contributed by atoms with E-state index in [1.165, 1.54) is 0 Å². The third-order valence-corrected chi connectivity index (χ3v) is 5.06. The van der Waals surface area contributed by atoms with Gasteiger partial charge < -0.3 is 11.1 Å². The average molecular weight is 323 g/mol. The lowest BCUT2D eigenvalue weighted by molar-refractivity contribution is 0.597. The number of sulfone groups is 1. The Kier molecular flexibility index (Phi) is 4.74. The maximum absolute atomic E-state index is 11.5. The first-order chi connectivity index (χ1) is 9.93. The van der Waals surface area contributed by atoms with Crippen LogP contribution in [0.5, 0.6) is 0 Å². The first kappa shape index (κ1) is 15.7. The number of para-hydroxylation sites is 1. The van der Waals surface area contributed by atoms with Crippen LogP contribution in [0.2, 0.25) is 0 Å².